The highest BCUT2D eigenvalue weighted by molar-refractivity contribution is 5.94. The molecule has 0 amide bonds. The van der Waals surface area contributed by atoms with E-state index >= 15 is 0 Å². The van der Waals surface area contributed by atoms with Gasteiger partial charge >= 0.3 is 0 Å². The summed E-state index contributed by atoms with van der Waals surface area (Å²) in [7, 11) is 0. The van der Waals surface area contributed by atoms with Crippen LogP contribution in [-0.4, -0.2) is 15.9 Å². The Kier molecular flexibility index (Phi) is 2.99. The second-order valence-corrected chi connectivity index (χ2v) is 7.27. The van der Waals surface area contributed by atoms with Gasteiger partial charge in [-0.15, -0.1) is 0 Å². The van der Waals surface area contributed by atoms with Crippen LogP contribution < -0.4 is 0 Å². The monoisotopic (exact) mass is 314 g/mol. The number of nitrogens with zero attached hydrogens (tertiary/aromatic N) is 2. The van der Waals surface area contributed by atoms with Gasteiger partial charge in [-0.3, -0.25) is 4.79 Å². The van der Waals surface area contributed by atoms with Crippen molar-refractivity contribution in [1.82, 2.24) is 10.1 Å². The number of Topliss-reactive ketones (excluding diaryl/α,β-unsaturated/α-hetero) is 1. The molecule has 4 rings (SSSR count). The number of benzene rings is 1. The highest BCUT2D eigenvalue weighted by Gasteiger charge is 2.67. The van der Waals surface area contributed by atoms with E-state index in [0.717, 1.165) is 12.8 Å². The number of carbonyl (C=O) groups is 1. The number of halogens is 1. The van der Waals surface area contributed by atoms with E-state index in [9.17, 15) is 9.18 Å². The van der Waals surface area contributed by atoms with Crippen molar-refractivity contribution in [2.75, 3.05) is 0 Å². The van der Waals surface area contributed by atoms with Gasteiger partial charge in [0.05, 0.1) is 0 Å². The highest BCUT2D eigenvalue weighted by Crippen LogP contribution is 2.64. The van der Waals surface area contributed by atoms with Crippen LogP contribution in [0.5, 0.6) is 0 Å². The van der Waals surface area contributed by atoms with Gasteiger partial charge < -0.3 is 4.52 Å². The van der Waals surface area contributed by atoms with Gasteiger partial charge in [0, 0.05) is 12.8 Å². The minimum atomic E-state index is -0.655. The third-order valence-electron chi connectivity index (χ3n) is 6.04. The quantitative estimate of drug-likeness (QED) is 0.871. The Bertz CT molecular complexity index is 783. The van der Waals surface area contributed by atoms with Crippen LogP contribution in [0.4, 0.5) is 4.39 Å². The molecule has 2 bridgehead atoms. The molecule has 1 aromatic carbocycles. The number of rotatable bonds is 3. The molecule has 0 aliphatic heterocycles. The van der Waals surface area contributed by atoms with Crippen LogP contribution in [0.2, 0.25) is 0 Å². The Morgan fingerprint density at radius 3 is 2.78 bits per heavy atom. The second-order valence-electron chi connectivity index (χ2n) is 7.27. The van der Waals surface area contributed by atoms with Crippen LogP contribution in [0.15, 0.2) is 28.8 Å². The topological polar surface area (TPSA) is 56.0 Å². The zero-order valence-corrected chi connectivity index (χ0v) is 13.3. The van der Waals surface area contributed by atoms with Crippen molar-refractivity contribution >= 4 is 5.78 Å². The van der Waals surface area contributed by atoms with Crippen LogP contribution in [0, 0.1) is 17.2 Å². The van der Waals surface area contributed by atoms with Crippen LogP contribution in [0.1, 0.15) is 50.4 Å². The van der Waals surface area contributed by atoms with E-state index < -0.39 is 5.41 Å². The minimum Gasteiger partial charge on any atom is -0.338 e. The minimum absolute atomic E-state index is 0.161. The molecule has 2 saturated carbocycles. The summed E-state index contributed by atoms with van der Waals surface area (Å²) in [5.41, 5.74) is -0.289. The van der Waals surface area contributed by atoms with Gasteiger partial charge in [-0.05, 0) is 35.8 Å². The van der Waals surface area contributed by atoms with E-state index in [-0.39, 0.29) is 23.4 Å². The molecule has 2 atom stereocenters. The normalized spacial score (nSPS) is 28.5. The maximum atomic E-state index is 13.8. The fourth-order valence-electron chi connectivity index (χ4n) is 4.49. The lowest BCUT2D eigenvalue weighted by Gasteiger charge is -2.32. The van der Waals surface area contributed by atoms with Gasteiger partial charge in [0.2, 0.25) is 5.89 Å². The van der Waals surface area contributed by atoms with Crippen molar-refractivity contribution in [2.45, 2.75) is 44.9 Å². The molecule has 4 nitrogen and oxygen atoms in total. The van der Waals surface area contributed by atoms with E-state index in [2.05, 4.69) is 24.0 Å². The first kappa shape index (κ1) is 14.5. The molecule has 0 spiro atoms. The Hall–Kier alpha value is -2.04. The molecule has 0 saturated heterocycles. The zero-order chi connectivity index (χ0) is 16.2. The number of ketones is 1. The van der Waals surface area contributed by atoms with Crippen LogP contribution in [-0.2, 0) is 16.6 Å². The molecule has 0 N–H and O–H groups in total. The molecule has 2 fully saturated rings. The molecule has 2 aliphatic rings. The van der Waals surface area contributed by atoms with Gasteiger partial charge in [0.25, 0.3) is 0 Å². The average Bonchev–Trinajstić information content (AvgIpc) is 3.12. The summed E-state index contributed by atoms with van der Waals surface area (Å²) in [6.07, 6.45) is 2.65. The van der Waals surface area contributed by atoms with E-state index in [1.807, 2.05) is 0 Å². The SMILES string of the molecule is CC1(C)[C@@H]2CC[C@@]1(c1nc(Cc3ccccc3F)no1)C(=O)C2. The van der Waals surface area contributed by atoms with Crippen LogP contribution >= 0.6 is 0 Å². The summed E-state index contributed by atoms with van der Waals surface area (Å²) < 4.78 is 19.3. The lowest BCUT2D eigenvalue weighted by atomic mass is 9.69. The number of hydrogen-bond acceptors (Lipinski definition) is 4. The lowest BCUT2D eigenvalue weighted by molar-refractivity contribution is -0.125. The maximum Gasteiger partial charge on any atom is 0.240 e. The summed E-state index contributed by atoms with van der Waals surface area (Å²) in [6.45, 7) is 4.24. The Morgan fingerprint density at radius 2 is 2.13 bits per heavy atom. The Morgan fingerprint density at radius 1 is 1.35 bits per heavy atom. The maximum absolute atomic E-state index is 13.8. The van der Waals surface area contributed by atoms with Crippen LogP contribution in [0.3, 0.4) is 0 Å². The van der Waals surface area contributed by atoms with Gasteiger partial charge in [-0.1, -0.05) is 37.2 Å². The molecule has 0 radical (unpaired) electrons. The number of hydrogen-bond donors (Lipinski definition) is 0. The fourth-order valence-corrected chi connectivity index (χ4v) is 4.49. The molecule has 2 aromatic rings. The predicted octanol–water partition coefficient (Wildman–Crippen LogP) is 3.45. The van der Waals surface area contributed by atoms with Crippen molar-refractivity contribution in [3.05, 3.63) is 47.4 Å². The lowest BCUT2D eigenvalue weighted by Crippen LogP contribution is -2.40. The van der Waals surface area contributed by atoms with Crippen molar-refractivity contribution in [3.8, 4) is 0 Å². The molecule has 120 valence electrons. The molecular formula is C18H19FN2O2. The summed E-state index contributed by atoms with van der Waals surface area (Å²) in [5, 5.41) is 4.00. The molecule has 5 heteroatoms. The van der Waals surface area contributed by atoms with Crippen molar-refractivity contribution in [3.63, 3.8) is 0 Å². The summed E-state index contributed by atoms with van der Waals surface area (Å²) in [4.78, 5) is 17.1. The van der Waals surface area contributed by atoms with E-state index in [0.29, 0.717) is 29.6 Å². The first-order valence-electron chi connectivity index (χ1n) is 8.05. The van der Waals surface area contributed by atoms with E-state index in [4.69, 9.17) is 4.52 Å². The number of carbonyl (C=O) groups excluding carboxylic acids is 1. The van der Waals surface area contributed by atoms with Crippen molar-refractivity contribution < 1.29 is 13.7 Å². The molecule has 2 aliphatic carbocycles. The largest absolute Gasteiger partial charge is 0.338 e. The zero-order valence-electron chi connectivity index (χ0n) is 13.3. The first-order chi connectivity index (χ1) is 10.9. The predicted molar refractivity (Wildman–Crippen MR) is 81.3 cm³/mol. The molecule has 1 heterocycles. The van der Waals surface area contributed by atoms with Gasteiger partial charge in [0.1, 0.15) is 17.0 Å². The van der Waals surface area contributed by atoms with E-state index in [1.54, 1.807) is 18.2 Å². The molecule has 23 heavy (non-hydrogen) atoms. The molecular weight excluding hydrogens is 295 g/mol. The third kappa shape index (κ3) is 1.85. The van der Waals surface area contributed by atoms with Crippen molar-refractivity contribution in [1.29, 1.82) is 0 Å². The van der Waals surface area contributed by atoms with Gasteiger partial charge in [0.15, 0.2) is 5.82 Å². The highest BCUT2D eigenvalue weighted by atomic mass is 19.1. The summed E-state index contributed by atoms with van der Waals surface area (Å²) in [6, 6.07) is 6.56. The third-order valence-corrected chi connectivity index (χ3v) is 6.04. The average molecular weight is 314 g/mol. The Balaban J connectivity index is 1.69. The van der Waals surface area contributed by atoms with Crippen LogP contribution in [0.25, 0.3) is 0 Å². The van der Waals surface area contributed by atoms with Crippen molar-refractivity contribution in [2.24, 2.45) is 11.3 Å². The second kappa shape index (κ2) is 4.73. The summed E-state index contributed by atoms with van der Waals surface area (Å²) in [5.74, 6) is 1.16. The fraction of sp³-hybridized carbons (Fsp3) is 0.500. The number of aromatic nitrogens is 2. The standard InChI is InChI=1S/C18H19FN2O2/c1-17(2)12-7-8-18(17,14(22)10-12)16-20-15(21-23-16)9-11-5-3-4-6-13(11)19/h3-6,12H,7-10H2,1-2H3/t12-,18+/m1/s1. The molecule has 1 aromatic heterocycles. The summed E-state index contributed by atoms with van der Waals surface area (Å²) >= 11 is 0. The smallest absolute Gasteiger partial charge is 0.240 e. The molecule has 0 unspecified atom stereocenters. The first-order valence-corrected chi connectivity index (χ1v) is 8.05. The Labute approximate surface area is 134 Å². The number of fused-ring (bicyclic) bond motifs is 2. The van der Waals surface area contributed by atoms with Gasteiger partial charge in [-0.25, -0.2) is 4.39 Å². The van der Waals surface area contributed by atoms with E-state index in [1.165, 1.54) is 6.07 Å². The van der Waals surface area contributed by atoms with Gasteiger partial charge in [-0.2, -0.15) is 4.98 Å².